The molecule has 0 saturated heterocycles. The van der Waals surface area contributed by atoms with E-state index in [-0.39, 0.29) is 5.65 Å². The third kappa shape index (κ3) is 3.68. The zero-order valence-corrected chi connectivity index (χ0v) is 16.1. The molecule has 1 unspecified atom stereocenters. The standard InChI is InChI=1S/C22H24FN5/c1-15-5-3-4-6-18(15)20-11-21(28-22(27-20)19(23)14-26-28)25-13-17-9-7-16(8-10-17)12-24-2/h3-9,11,14,17,24-25H,10,12-13H2,1-2H3. The highest BCUT2D eigenvalue weighted by molar-refractivity contribution is 5.69. The van der Waals surface area contributed by atoms with Crippen molar-refractivity contribution >= 4 is 11.5 Å². The molecule has 2 heterocycles. The van der Waals surface area contributed by atoms with Gasteiger partial charge in [0, 0.05) is 24.7 Å². The van der Waals surface area contributed by atoms with Crippen LogP contribution < -0.4 is 10.6 Å². The van der Waals surface area contributed by atoms with Crippen LogP contribution >= 0.6 is 0 Å². The van der Waals surface area contributed by atoms with Crippen LogP contribution in [0, 0.1) is 18.7 Å². The van der Waals surface area contributed by atoms with Gasteiger partial charge >= 0.3 is 0 Å². The normalized spacial score (nSPS) is 16.4. The minimum absolute atomic E-state index is 0.235. The summed E-state index contributed by atoms with van der Waals surface area (Å²) in [5.41, 5.74) is 4.37. The Labute approximate surface area is 164 Å². The Morgan fingerprint density at radius 2 is 2.14 bits per heavy atom. The fourth-order valence-corrected chi connectivity index (χ4v) is 3.49. The SMILES string of the molecule is CNCC1=CCC(CNc2cc(-c3ccccc3C)nc3c(F)cnn23)C=C1. The number of rotatable bonds is 6. The van der Waals surface area contributed by atoms with Crippen molar-refractivity contribution in [2.75, 3.05) is 25.5 Å². The first-order chi connectivity index (χ1) is 13.7. The minimum Gasteiger partial charge on any atom is -0.369 e. The van der Waals surface area contributed by atoms with Gasteiger partial charge in [0.15, 0.2) is 11.5 Å². The van der Waals surface area contributed by atoms with Gasteiger partial charge in [0.25, 0.3) is 0 Å². The predicted octanol–water partition coefficient (Wildman–Crippen LogP) is 3.98. The van der Waals surface area contributed by atoms with Crippen molar-refractivity contribution in [3.8, 4) is 11.3 Å². The number of allylic oxidation sites excluding steroid dienone is 1. The van der Waals surface area contributed by atoms with Gasteiger partial charge < -0.3 is 10.6 Å². The van der Waals surface area contributed by atoms with Crippen molar-refractivity contribution in [1.29, 1.82) is 0 Å². The largest absolute Gasteiger partial charge is 0.369 e. The molecule has 28 heavy (non-hydrogen) atoms. The molecule has 0 fully saturated rings. The van der Waals surface area contributed by atoms with E-state index >= 15 is 0 Å². The first kappa shape index (κ1) is 18.4. The first-order valence-electron chi connectivity index (χ1n) is 9.51. The van der Waals surface area contributed by atoms with Crippen molar-refractivity contribution in [2.45, 2.75) is 13.3 Å². The van der Waals surface area contributed by atoms with Gasteiger partial charge in [-0.15, -0.1) is 0 Å². The van der Waals surface area contributed by atoms with Gasteiger partial charge in [-0.25, -0.2) is 9.37 Å². The van der Waals surface area contributed by atoms with Gasteiger partial charge in [-0.05, 0) is 37.4 Å². The number of aromatic nitrogens is 3. The number of benzene rings is 1. The fraction of sp³-hybridized carbons (Fsp3) is 0.273. The molecular formula is C22H24FN5. The molecule has 0 amide bonds. The summed E-state index contributed by atoms with van der Waals surface area (Å²) < 4.78 is 15.8. The molecule has 4 rings (SSSR count). The summed E-state index contributed by atoms with van der Waals surface area (Å²) in [6, 6.07) is 9.93. The Bertz CT molecular complexity index is 1050. The third-order valence-corrected chi connectivity index (χ3v) is 5.04. The van der Waals surface area contributed by atoms with E-state index in [0.717, 1.165) is 42.1 Å². The lowest BCUT2D eigenvalue weighted by Gasteiger charge is -2.18. The summed E-state index contributed by atoms with van der Waals surface area (Å²) in [5, 5.41) is 10.8. The van der Waals surface area contributed by atoms with Crippen LogP contribution in [0.1, 0.15) is 12.0 Å². The molecule has 0 aliphatic heterocycles. The molecule has 3 aromatic rings. The topological polar surface area (TPSA) is 54.2 Å². The van der Waals surface area contributed by atoms with Crippen LogP contribution in [0.4, 0.5) is 10.2 Å². The third-order valence-electron chi connectivity index (χ3n) is 5.04. The average Bonchev–Trinajstić information content (AvgIpc) is 3.09. The molecular weight excluding hydrogens is 353 g/mol. The van der Waals surface area contributed by atoms with Gasteiger partial charge in [0.1, 0.15) is 5.82 Å². The van der Waals surface area contributed by atoms with Gasteiger partial charge in [-0.1, -0.05) is 42.5 Å². The van der Waals surface area contributed by atoms with E-state index in [1.165, 1.54) is 16.3 Å². The molecule has 0 bridgehead atoms. The van der Waals surface area contributed by atoms with Gasteiger partial charge in [0.05, 0.1) is 11.9 Å². The Morgan fingerprint density at radius 3 is 2.89 bits per heavy atom. The van der Waals surface area contributed by atoms with Crippen LogP contribution in [-0.2, 0) is 0 Å². The summed E-state index contributed by atoms with van der Waals surface area (Å²) in [6.07, 6.45) is 8.84. The smallest absolute Gasteiger partial charge is 0.194 e. The van der Waals surface area contributed by atoms with E-state index in [1.807, 2.05) is 44.3 Å². The Kier molecular flexibility index (Phi) is 5.21. The van der Waals surface area contributed by atoms with Crippen molar-refractivity contribution in [2.24, 2.45) is 5.92 Å². The molecule has 144 valence electrons. The molecule has 2 N–H and O–H groups in total. The van der Waals surface area contributed by atoms with Crippen molar-refractivity contribution in [3.63, 3.8) is 0 Å². The highest BCUT2D eigenvalue weighted by atomic mass is 19.1. The highest BCUT2D eigenvalue weighted by Crippen LogP contribution is 2.26. The molecule has 2 aromatic heterocycles. The number of anilines is 1. The summed E-state index contributed by atoms with van der Waals surface area (Å²) >= 11 is 0. The lowest BCUT2D eigenvalue weighted by molar-refractivity contribution is 0.636. The maximum absolute atomic E-state index is 14.2. The van der Waals surface area contributed by atoms with Crippen LogP contribution in [0.25, 0.3) is 16.9 Å². The van der Waals surface area contributed by atoms with Crippen molar-refractivity contribution in [1.82, 2.24) is 19.9 Å². The molecule has 0 saturated carbocycles. The zero-order valence-electron chi connectivity index (χ0n) is 16.1. The molecule has 0 radical (unpaired) electrons. The summed E-state index contributed by atoms with van der Waals surface area (Å²) in [7, 11) is 1.95. The summed E-state index contributed by atoms with van der Waals surface area (Å²) in [6.45, 7) is 3.66. The maximum Gasteiger partial charge on any atom is 0.194 e. The van der Waals surface area contributed by atoms with E-state index in [4.69, 9.17) is 0 Å². The van der Waals surface area contributed by atoms with E-state index in [1.54, 1.807) is 0 Å². The monoisotopic (exact) mass is 377 g/mol. The van der Waals surface area contributed by atoms with Crippen molar-refractivity contribution in [3.05, 3.63) is 71.7 Å². The zero-order chi connectivity index (χ0) is 19.5. The first-order valence-corrected chi connectivity index (χ1v) is 9.51. The number of nitrogens with zero attached hydrogens (tertiary/aromatic N) is 3. The van der Waals surface area contributed by atoms with E-state index in [2.05, 4.69) is 38.9 Å². The number of fused-ring (bicyclic) bond motifs is 1. The number of hydrogen-bond donors (Lipinski definition) is 2. The van der Waals surface area contributed by atoms with Gasteiger partial charge in [-0.2, -0.15) is 9.61 Å². The lowest BCUT2D eigenvalue weighted by Crippen LogP contribution is -2.18. The molecule has 1 atom stereocenters. The molecule has 1 aromatic carbocycles. The van der Waals surface area contributed by atoms with Crippen LogP contribution in [0.15, 0.2) is 60.3 Å². The fourth-order valence-electron chi connectivity index (χ4n) is 3.49. The number of likely N-dealkylation sites (N-methyl/N-ethyl adjacent to an activating group) is 1. The van der Waals surface area contributed by atoms with Crippen LogP contribution in [0.3, 0.4) is 0 Å². The number of aryl methyl sites for hydroxylation is 1. The van der Waals surface area contributed by atoms with Crippen LogP contribution in [-0.4, -0.2) is 34.7 Å². The number of halogens is 1. The highest BCUT2D eigenvalue weighted by Gasteiger charge is 2.15. The lowest BCUT2D eigenvalue weighted by atomic mass is 9.96. The Morgan fingerprint density at radius 1 is 1.29 bits per heavy atom. The van der Waals surface area contributed by atoms with E-state index in [0.29, 0.717) is 5.92 Å². The maximum atomic E-state index is 14.2. The van der Waals surface area contributed by atoms with Crippen LogP contribution in [0.2, 0.25) is 0 Å². The number of nitrogens with one attached hydrogen (secondary N) is 2. The van der Waals surface area contributed by atoms with E-state index < -0.39 is 5.82 Å². The molecule has 0 spiro atoms. The van der Waals surface area contributed by atoms with Crippen LogP contribution in [0.5, 0.6) is 0 Å². The molecule has 1 aliphatic rings. The molecule has 6 heteroatoms. The van der Waals surface area contributed by atoms with E-state index in [9.17, 15) is 4.39 Å². The second-order valence-corrected chi connectivity index (χ2v) is 7.11. The van der Waals surface area contributed by atoms with Gasteiger partial charge in [0.2, 0.25) is 0 Å². The second-order valence-electron chi connectivity index (χ2n) is 7.11. The van der Waals surface area contributed by atoms with Crippen molar-refractivity contribution < 1.29 is 4.39 Å². The van der Waals surface area contributed by atoms with Gasteiger partial charge in [-0.3, -0.25) is 0 Å². The molecule has 5 nitrogen and oxygen atoms in total. The summed E-state index contributed by atoms with van der Waals surface area (Å²) in [4.78, 5) is 4.51. The Hall–Kier alpha value is -2.99. The quantitative estimate of drug-likeness (QED) is 0.682. The number of hydrogen-bond acceptors (Lipinski definition) is 4. The predicted molar refractivity (Wildman–Crippen MR) is 111 cm³/mol. The Balaban J connectivity index is 1.60. The average molecular weight is 377 g/mol. The summed E-state index contributed by atoms with van der Waals surface area (Å²) in [5.74, 6) is 0.701. The molecule has 1 aliphatic carbocycles. The minimum atomic E-state index is -0.421. The second kappa shape index (κ2) is 7.94.